The van der Waals surface area contributed by atoms with Crippen molar-refractivity contribution in [3.05, 3.63) is 54.3 Å². The van der Waals surface area contributed by atoms with Gasteiger partial charge in [-0.15, -0.1) is 0 Å². The van der Waals surface area contributed by atoms with Crippen LogP contribution < -0.4 is 9.80 Å². The minimum atomic E-state index is -0.351. The number of para-hydroxylation sites is 2. The zero-order valence-electron chi connectivity index (χ0n) is 16.0. The van der Waals surface area contributed by atoms with Crippen LogP contribution in [0, 0.1) is 5.82 Å². The van der Waals surface area contributed by atoms with E-state index in [-0.39, 0.29) is 30.0 Å². The van der Waals surface area contributed by atoms with Gasteiger partial charge >= 0.3 is 6.03 Å². The molecule has 2 aliphatic rings. The van der Waals surface area contributed by atoms with Crippen LogP contribution in [0.15, 0.2) is 48.5 Å². The Hall–Kier alpha value is -3.29. The van der Waals surface area contributed by atoms with Gasteiger partial charge in [0, 0.05) is 45.0 Å². The molecule has 1 N–H and O–H groups in total. The molecule has 0 spiro atoms. The summed E-state index contributed by atoms with van der Waals surface area (Å²) < 4.78 is 13.1. The minimum Gasteiger partial charge on any atom is -0.506 e. The first kappa shape index (κ1) is 19.0. The Balaban J connectivity index is 1.32. The Morgan fingerprint density at radius 1 is 0.931 bits per heavy atom. The molecule has 0 aromatic heterocycles. The Morgan fingerprint density at radius 3 is 2.31 bits per heavy atom. The number of carbonyl (C=O) groups is 2. The fourth-order valence-electron chi connectivity index (χ4n) is 3.78. The monoisotopic (exact) mass is 398 g/mol. The highest BCUT2D eigenvalue weighted by molar-refractivity contribution is 5.96. The average Bonchev–Trinajstić information content (AvgIpc) is 3.09. The fraction of sp³-hybridized carbons (Fsp3) is 0.333. The molecule has 2 aromatic rings. The summed E-state index contributed by atoms with van der Waals surface area (Å²) in [5, 5.41) is 10.00. The van der Waals surface area contributed by atoms with Gasteiger partial charge in [0.25, 0.3) is 0 Å². The number of hydrogen-bond donors (Lipinski definition) is 1. The van der Waals surface area contributed by atoms with E-state index in [1.165, 1.54) is 17.0 Å². The van der Waals surface area contributed by atoms with Crippen LogP contribution in [0.3, 0.4) is 0 Å². The number of rotatable bonds is 4. The van der Waals surface area contributed by atoms with E-state index in [1.807, 2.05) is 12.1 Å². The third-order valence-electron chi connectivity index (χ3n) is 5.41. The molecule has 2 fully saturated rings. The first-order valence-electron chi connectivity index (χ1n) is 9.65. The Labute approximate surface area is 168 Å². The number of piperazine rings is 1. The highest BCUT2D eigenvalue weighted by atomic mass is 19.1. The van der Waals surface area contributed by atoms with Crippen LogP contribution in [0.1, 0.15) is 0 Å². The molecule has 2 aromatic carbocycles. The Kier molecular flexibility index (Phi) is 5.24. The number of carbonyl (C=O) groups excluding carboxylic acids is 2. The summed E-state index contributed by atoms with van der Waals surface area (Å²) in [6.07, 6.45) is 0. The first-order chi connectivity index (χ1) is 14.0. The second-order valence-corrected chi connectivity index (χ2v) is 7.19. The van der Waals surface area contributed by atoms with Crippen LogP contribution in [0.5, 0.6) is 5.75 Å². The van der Waals surface area contributed by atoms with E-state index in [2.05, 4.69) is 4.90 Å². The second kappa shape index (κ2) is 7.98. The fourth-order valence-corrected chi connectivity index (χ4v) is 3.78. The van der Waals surface area contributed by atoms with Gasteiger partial charge in [0.15, 0.2) is 0 Å². The van der Waals surface area contributed by atoms with Crippen LogP contribution >= 0.6 is 0 Å². The molecule has 3 amide bonds. The maximum Gasteiger partial charge on any atom is 0.325 e. The maximum atomic E-state index is 13.1. The standard InChI is InChI=1S/C21H23FN4O3/c22-16-5-7-17(8-6-16)26-14-13-25(21(26)29)15-20(28)24-11-9-23(10-12-24)18-3-1-2-4-19(18)27/h1-8,27H,9-15H2. The number of halogens is 1. The summed E-state index contributed by atoms with van der Waals surface area (Å²) in [4.78, 5) is 32.2. The van der Waals surface area contributed by atoms with E-state index < -0.39 is 0 Å². The van der Waals surface area contributed by atoms with Crippen LogP contribution in [-0.4, -0.2) is 72.7 Å². The van der Waals surface area contributed by atoms with E-state index in [9.17, 15) is 19.1 Å². The molecule has 152 valence electrons. The van der Waals surface area contributed by atoms with Gasteiger partial charge in [0.2, 0.25) is 5.91 Å². The molecule has 2 saturated heterocycles. The number of aromatic hydroxyl groups is 1. The lowest BCUT2D eigenvalue weighted by atomic mass is 10.2. The number of phenolic OH excluding ortho intramolecular Hbond substituents is 1. The number of urea groups is 1. The number of amides is 3. The van der Waals surface area contributed by atoms with Crippen molar-refractivity contribution in [1.82, 2.24) is 9.80 Å². The van der Waals surface area contributed by atoms with Crippen LogP contribution in [0.2, 0.25) is 0 Å². The number of anilines is 2. The number of benzene rings is 2. The van der Waals surface area contributed by atoms with Crippen LogP contribution in [0.25, 0.3) is 0 Å². The normalized spacial score (nSPS) is 17.2. The summed E-state index contributed by atoms with van der Waals surface area (Å²) in [5.74, 6) is -0.206. The first-order valence-corrected chi connectivity index (χ1v) is 9.65. The predicted octanol–water partition coefficient (Wildman–Crippen LogP) is 2.12. The minimum absolute atomic E-state index is 0.0348. The van der Waals surface area contributed by atoms with Gasteiger partial charge in [-0.25, -0.2) is 9.18 Å². The lowest BCUT2D eigenvalue weighted by molar-refractivity contribution is -0.131. The van der Waals surface area contributed by atoms with E-state index in [4.69, 9.17) is 0 Å². The lowest BCUT2D eigenvalue weighted by Gasteiger charge is -2.36. The summed E-state index contributed by atoms with van der Waals surface area (Å²) in [5.41, 5.74) is 1.40. The van der Waals surface area contributed by atoms with Crippen molar-refractivity contribution in [3.63, 3.8) is 0 Å². The van der Waals surface area contributed by atoms with Gasteiger partial charge in [-0.2, -0.15) is 0 Å². The maximum absolute atomic E-state index is 13.1. The molecule has 4 rings (SSSR count). The largest absolute Gasteiger partial charge is 0.506 e. The molecule has 29 heavy (non-hydrogen) atoms. The number of phenols is 1. The molecule has 7 nitrogen and oxygen atoms in total. The van der Waals surface area contributed by atoms with Crippen molar-refractivity contribution in [2.24, 2.45) is 0 Å². The molecule has 0 atom stereocenters. The smallest absolute Gasteiger partial charge is 0.325 e. The lowest BCUT2D eigenvalue weighted by Crippen LogP contribution is -2.51. The molecule has 0 aliphatic carbocycles. The van der Waals surface area contributed by atoms with Crippen molar-refractivity contribution in [1.29, 1.82) is 0 Å². The van der Waals surface area contributed by atoms with Gasteiger partial charge < -0.3 is 19.8 Å². The van der Waals surface area contributed by atoms with Gasteiger partial charge in [0.1, 0.15) is 18.1 Å². The Morgan fingerprint density at radius 2 is 1.62 bits per heavy atom. The molecule has 0 unspecified atom stereocenters. The predicted molar refractivity (Wildman–Crippen MR) is 108 cm³/mol. The average molecular weight is 398 g/mol. The van der Waals surface area contributed by atoms with Crippen molar-refractivity contribution in [2.45, 2.75) is 0 Å². The topological polar surface area (TPSA) is 67.3 Å². The number of nitrogens with zero attached hydrogens (tertiary/aromatic N) is 4. The SMILES string of the molecule is O=C(CN1CCN(c2ccc(F)cc2)C1=O)N1CCN(c2ccccc2O)CC1. The molecule has 2 aliphatic heterocycles. The Bertz CT molecular complexity index is 897. The zero-order chi connectivity index (χ0) is 20.4. The van der Waals surface area contributed by atoms with Gasteiger partial charge in [0.05, 0.1) is 5.69 Å². The molecule has 0 bridgehead atoms. The van der Waals surface area contributed by atoms with Crippen molar-refractivity contribution in [2.75, 3.05) is 55.6 Å². The van der Waals surface area contributed by atoms with Gasteiger partial charge in [-0.05, 0) is 36.4 Å². The van der Waals surface area contributed by atoms with Crippen molar-refractivity contribution >= 4 is 23.3 Å². The molecule has 0 saturated carbocycles. The number of hydrogen-bond acceptors (Lipinski definition) is 4. The van der Waals surface area contributed by atoms with E-state index in [0.29, 0.717) is 45.0 Å². The van der Waals surface area contributed by atoms with Gasteiger partial charge in [-0.3, -0.25) is 9.69 Å². The molecule has 8 heteroatoms. The van der Waals surface area contributed by atoms with Gasteiger partial charge in [-0.1, -0.05) is 12.1 Å². The van der Waals surface area contributed by atoms with E-state index in [1.54, 1.807) is 34.1 Å². The molecule has 2 heterocycles. The zero-order valence-corrected chi connectivity index (χ0v) is 16.0. The third-order valence-corrected chi connectivity index (χ3v) is 5.41. The van der Waals surface area contributed by atoms with Crippen molar-refractivity contribution < 1.29 is 19.1 Å². The quantitative estimate of drug-likeness (QED) is 0.857. The van der Waals surface area contributed by atoms with E-state index in [0.717, 1.165) is 5.69 Å². The molecular formula is C21H23FN4O3. The molecule has 0 radical (unpaired) electrons. The summed E-state index contributed by atoms with van der Waals surface area (Å²) in [6.45, 7) is 3.29. The second-order valence-electron chi connectivity index (χ2n) is 7.19. The summed E-state index contributed by atoms with van der Waals surface area (Å²) in [7, 11) is 0. The highest BCUT2D eigenvalue weighted by Gasteiger charge is 2.32. The van der Waals surface area contributed by atoms with Crippen LogP contribution in [0.4, 0.5) is 20.6 Å². The van der Waals surface area contributed by atoms with Crippen LogP contribution in [-0.2, 0) is 4.79 Å². The highest BCUT2D eigenvalue weighted by Crippen LogP contribution is 2.27. The summed E-state index contributed by atoms with van der Waals surface area (Å²) in [6, 6.07) is 12.7. The summed E-state index contributed by atoms with van der Waals surface area (Å²) >= 11 is 0. The molecular weight excluding hydrogens is 375 g/mol. The van der Waals surface area contributed by atoms with E-state index >= 15 is 0 Å². The third kappa shape index (κ3) is 3.96. The van der Waals surface area contributed by atoms with Crippen molar-refractivity contribution in [3.8, 4) is 5.75 Å².